The number of nitrogens with zero attached hydrogens (tertiary/aromatic N) is 1. The van der Waals surface area contributed by atoms with Gasteiger partial charge < -0.3 is 0 Å². The monoisotopic (exact) mass is 273 g/mol. The first-order chi connectivity index (χ1) is 8.97. The van der Waals surface area contributed by atoms with Gasteiger partial charge in [0, 0.05) is 11.8 Å². The molecule has 2 aromatic rings. The van der Waals surface area contributed by atoms with E-state index in [1.165, 1.54) is 0 Å². The van der Waals surface area contributed by atoms with Crippen molar-refractivity contribution in [3.05, 3.63) is 53.1 Å². The van der Waals surface area contributed by atoms with E-state index >= 15 is 0 Å². The van der Waals surface area contributed by atoms with E-state index in [0.29, 0.717) is 6.29 Å². The number of pyridine rings is 1. The van der Waals surface area contributed by atoms with Gasteiger partial charge in [-0.25, -0.2) is 22.0 Å². The Morgan fingerprint density at radius 1 is 0.842 bits per heavy atom. The van der Waals surface area contributed by atoms with Crippen molar-refractivity contribution in [2.75, 3.05) is 0 Å². The zero-order valence-corrected chi connectivity index (χ0v) is 9.05. The van der Waals surface area contributed by atoms with Crippen molar-refractivity contribution >= 4 is 6.29 Å². The number of benzene rings is 1. The molecule has 0 atom stereocenters. The standard InChI is InChI=1S/C12H4F5NO/c13-8-7(5-1-2-6(4-19)18-3-5)9(14)11(16)12(17)10(8)15/h1-4H. The highest BCUT2D eigenvalue weighted by atomic mass is 19.2. The van der Waals surface area contributed by atoms with Crippen LogP contribution in [0, 0.1) is 29.1 Å². The maximum absolute atomic E-state index is 13.5. The molecule has 1 aromatic heterocycles. The molecule has 0 saturated heterocycles. The smallest absolute Gasteiger partial charge is 0.200 e. The number of carbonyl (C=O) groups is 1. The second-order valence-corrected chi connectivity index (χ2v) is 3.53. The molecule has 0 aliphatic rings. The van der Waals surface area contributed by atoms with Crippen molar-refractivity contribution in [3.8, 4) is 11.1 Å². The molecule has 0 bridgehead atoms. The van der Waals surface area contributed by atoms with Crippen LogP contribution in [0.25, 0.3) is 11.1 Å². The third kappa shape index (κ3) is 2.07. The maximum atomic E-state index is 13.5. The molecule has 0 fully saturated rings. The van der Waals surface area contributed by atoms with E-state index in [-0.39, 0.29) is 11.3 Å². The maximum Gasteiger partial charge on any atom is 0.200 e. The normalized spacial score (nSPS) is 10.6. The Bertz CT molecular complexity index is 625. The van der Waals surface area contributed by atoms with Gasteiger partial charge in [-0.3, -0.25) is 9.78 Å². The number of aromatic nitrogens is 1. The van der Waals surface area contributed by atoms with Crippen LogP contribution in [0.2, 0.25) is 0 Å². The third-order valence-electron chi connectivity index (χ3n) is 2.41. The van der Waals surface area contributed by atoms with Crippen LogP contribution in [0.4, 0.5) is 22.0 Å². The van der Waals surface area contributed by atoms with Gasteiger partial charge in [0.25, 0.3) is 0 Å². The van der Waals surface area contributed by atoms with Gasteiger partial charge in [0.2, 0.25) is 5.82 Å². The molecule has 0 aliphatic heterocycles. The molecule has 2 rings (SSSR count). The second-order valence-electron chi connectivity index (χ2n) is 3.53. The van der Waals surface area contributed by atoms with Crippen molar-refractivity contribution in [2.45, 2.75) is 0 Å². The SMILES string of the molecule is O=Cc1ccc(-c2c(F)c(F)c(F)c(F)c2F)cn1. The third-order valence-corrected chi connectivity index (χ3v) is 2.41. The van der Waals surface area contributed by atoms with Gasteiger partial charge in [0.1, 0.15) is 5.69 Å². The molecule has 0 spiro atoms. The molecule has 1 aromatic carbocycles. The summed E-state index contributed by atoms with van der Waals surface area (Å²) in [6.07, 6.45) is 1.23. The van der Waals surface area contributed by atoms with Crippen LogP contribution in [0.15, 0.2) is 18.3 Å². The average molecular weight is 273 g/mol. The lowest BCUT2D eigenvalue weighted by Crippen LogP contribution is -2.04. The molecule has 0 saturated carbocycles. The Labute approximate surface area is 103 Å². The molecule has 0 radical (unpaired) electrons. The van der Waals surface area contributed by atoms with Gasteiger partial charge in [-0.05, 0) is 6.07 Å². The highest BCUT2D eigenvalue weighted by molar-refractivity contribution is 5.73. The fourth-order valence-electron chi connectivity index (χ4n) is 1.48. The van der Waals surface area contributed by atoms with E-state index in [4.69, 9.17) is 0 Å². The van der Waals surface area contributed by atoms with Crippen LogP contribution in [0.5, 0.6) is 0 Å². The first-order valence-electron chi connectivity index (χ1n) is 4.90. The van der Waals surface area contributed by atoms with Gasteiger partial charge in [0.05, 0.1) is 5.56 Å². The minimum absolute atomic E-state index is 0.0346. The molecule has 98 valence electrons. The van der Waals surface area contributed by atoms with Crippen LogP contribution < -0.4 is 0 Å². The summed E-state index contributed by atoms with van der Waals surface area (Å²) in [7, 11) is 0. The molecule has 0 N–H and O–H groups in total. The van der Waals surface area contributed by atoms with E-state index in [1.54, 1.807) is 0 Å². The summed E-state index contributed by atoms with van der Waals surface area (Å²) in [5, 5.41) is 0. The molecule has 7 heteroatoms. The molecule has 0 amide bonds. The molecular formula is C12H4F5NO. The summed E-state index contributed by atoms with van der Waals surface area (Å²) >= 11 is 0. The number of hydrogen-bond acceptors (Lipinski definition) is 2. The second kappa shape index (κ2) is 4.75. The molecule has 1 heterocycles. The summed E-state index contributed by atoms with van der Waals surface area (Å²) < 4.78 is 65.7. The van der Waals surface area contributed by atoms with Crippen molar-refractivity contribution in [1.82, 2.24) is 4.98 Å². The largest absolute Gasteiger partial charge is 0.296 e. The summed E-state index contributed by atoms with van der Waals surface area (Å²) in [5.74, 6) is -10.2. The summed E-state index contributed by atoms with van der Waals surface area (Å²) in [5.41, 5.74) is -1.44. The van der Waals surface area contributed by atoms with Crippen LogP contribution in [-0.2, 0) is 0 Å². The lowest BCUT2D eigenvalue weighted by Gasteiger charge is -2.08. The Balaban J connectivity index is 2.71. The summed E-state index contributed by atoms with van der Waals surface area (Å²) in [6.45, 7) is 0. The predicted octanol–water partition coefficient (Wildman–Crippen LogP) is 3.26. The topological polar surface area (TPSA) is 30.0 Å². The van der Waals surface area contributed by atoms with E-state index < -0.39 is 34.6 Å². The summed E-state index contributed by atoms with van der Waals surface area (Å²) in [6, 6.07) is 2.13. The first kappa shape index (κ1) is 13.1. The number of aldehydes is 1. The minimum Gasteiger partial charge on any atom is -0.296 e. The molecule has 0 aliphatic carbocycles. The summed E-state index contributed by atoms with van der Waals surface area (Å²) in [4.78, 5) is 13.9. The van der Waals surface area contributed by atoms with Gasteiger partial charge in [-0.1, -0.05) is 6.07 Å². The van der Waals surface area contributed by atoms with Gasteiger partial charge in [0.15, 0.2) is 29.6 Å². The Kier molecular flexibility index (Phi) is 3.28. The fourth-order valence-corrected chi connectivity index (χ4v) is 1.48. The van der Waals surface area contributed by atoms with Gasteiger partial charge >= 0.3 is 0 Å². The molecular weight excluding hydrogens is 269 g/mol. The van der Waals surface area contributed by atoms with Crippen LogP contribution in [0.1, 0.15) is 10.5 Å². The van der Waals surface area contributed by atoms with E-state index in [2.05, 4.69) is 4.98 Å². The average Bonchev–Trinajstić information content (AvgIpc) is 2.44. The van der Waals surface area contributed by atoms with Gasteiger partial charge in [-0.15, -0.1) is 0 Å². The number of rotatable bonds is 2. The van der Waals surface area contributed by atoms with E-state index in [1.807, 2.05) is 0 Å². The van der Waals surface area contributed by atoms with Crippen molar-refractivity contribution in [2.24, 2.45) is 0 Å². The van der Waals surface area contributed by atoms with Crippen LogP contribution >= 0.6 is 0 Å². The zero-order valence-electron chi connectivity index (χ0n) is 9.05. The number of carbonyl (C=O) groups excluding carboxylic acids is 1. The highest BCUT2D eigenvalue weighted by Gasteiger charge is 2.26. The van der Waals surface area contributed by atoms with Crippen molar-refractivity contribution in [3.63, 3.8) is 0 Å². The lowest BCUT2D eigenvalue weighted by atomic mass is 10.1. The highest BCUT2D eigenvalue weighted by Crippen LogP contribution is 2.30. The molecule has 2 nitrogen and oxygen atoms in total. The minimum atomic E-state index is -2.23. The number of hydrogen-bond donors (Lipinski definition) is 0. The first-order valence-corrected chi connectivity index (χ1v) is 4.90. The Morgan fingerprint density at radius 3 is 1.79 bits per heavy atom. The van der Waals surface area contributed by atoms with Crippen molar-refractivity contribution in [1.29, 1.82) is 0 Å². The van der Waals surface area contributed by atoms with E-state index in [9.17, 15) is 26.7 Å². The predicted molar refractivity (Wildman–Crippen MR) is 54.9 cm³/mol. The molecule has 19 heavy (non-hydrogen) atoms. The molecule has 0 unspecified atom stereocenters. The van der Waals surface area contributed by atoms with E-state index in [0.717, 1.165) is 18.3 Å². The Hall–Kier alpha value is -2.31. The van der Waals surface area contributed by atoms with Crippen LogP contribution in [0.3, 0.4) is 0 Å². The number of halogens is 5. The zero-order chi connectivity index (χ0) is 14.2. The fraction of sp³-hybridized carbons (Fsp3) is 0. The van der Waals surface area contributed by atoms with Gasteiger partial charge in [-0.2, -0.15) is 0 Å². The van der Waals surface area contributed by atoms with Crippen molar-refractivity contribution < 1.29 is 26.7 Å². The quantitative estimate of drug-likeness (QED) is 0.364. The van der Waals surface area contributed by atoms with Crippen LogP contribution in [-0.4, -0.2) is 11.3 Å². The lowest BCUT2D eigenvalue weighted by molar-refractivity contribution is 0.111. The Morgan fingerprint density at radius 2 is 1.37 bits per heavy atom.